The van der Waals surface area contributed by atoms with Gasteiger partial charge in [-0.2, -0.15) is 0 Å². The van der Waals surface area contributed by atoms with E-state index in [-0.39, 0.29) is 34.9 Å². The monoisotopic (exact) mass is 402 g/mol. The SMILES string of the molecule is COC(=O)c1ccccc1NC(=O)COC(=O)CN1C(=O)[C@@H]2CCCC[C@H]2C1=O. The first-order valence-corrected chi connectivity index (χ1v) is 9.40. The first-order chi connectivity index (χ1) is 13.9. The number of ether oxygens (including phenoxy) is 2. The fraction of sp³-hybridized carbons (Fsp3) is 0.450. The summed E-state index contributed by atoms with van der Waals surface area (Å²) in [7, 11) is 1.22. The van der Waals surface area contributed by atoms with E-state index in [4.69, 9.17) is 4.74 Å². The van der Waals surface area contributed by atoms with Gasteiger partial charge in [0.2, 0.25) is 11.8 Å². The molecule has 1 aliphatic heterocycles. The van der Waals surface area contributed by atoms with E-state index in [2.05, 4.69) is 10.1 Å². The second-order valence-corrected chi connectivity index (χ2v) is 7.01. The summed E-state index contributed by atoms with van der Waals surface area (Å²) in [6.45, 7) is -1.12. The highest BCUT2D eigenvalue weighted by Crippen LogP contribution is 2.37. The van der Waals surface area contributed by atoms with E-state index in [1.165, 1.54) is 19.2 Å². The van der Waals surface area contributed by atoms with Crippen LogP contribution in [0.2, 0.25) is 0 Å². The van der Waals surface area contributed by atoms with Gasteiger partial charge in [0.05, 0.1) is 30.2 Å². The Bertz CT molecular complexity index is 827. The number of nitrogens with one attached hydrogen (secondary N) is 1. The van der Waals surface area contributed by atoms with E-state index in [0.717, 1.165) is 17.7 Å². The quantitative estimate of drug-likeness (QED) is 0.559. The summed E-state index contributed by atoms with van der Waals surface area (Å²) >= 11 is 0. The van der Waals surface area contributed by atoms with Crippen molar-refractivity contribution < 1.29 is 33.4 Å². The van der Waals surface area contributed by atoms with Gasteiger partial charge in [-0.3, -0.25) is 24.1 Å². The molecule has 1 N–H and O–H groups in total. The molecule has 2 fully saturated rings. The number of fused-ring (bicyclic) bond motifs is 1. The lowest BCUT2D eigenvalue weighted by Gasteiger charge is -2.19. The summed E-state index contributed by atoms with van der Waals surface area (Å²) in [5.41, 5.74) is 0.375. The molecule has 0 spiro atoms. The summed E-state index contributed by atoms with van der Waals surface area (Å²) in [5.74, 6) is -3.50. The Morgan fingerprint density at radius 3 is 2.31 bits per heavy atom. The van der Waals surface area contributed by atoms with Crippen LogP contribution in [-0.2, 0) is 28.7 Å². The number of methoxy groups -OCH3 is 1. The zero-order valence-electron chi connectivity index (χ0n) is 16.0. The van der Waals surface area contributed by atoms with Crippen molar-refractivity contribution in [1.82, 2.24) is 4.90 Å². The lowest BCUT2D eigenvalue weighted by Crippen LogP contribution is -2.37. The minimum atomic E-state index is -0.846. The third-order valence-corrected chi connectivity index (χ3v) is 5.19. The molecule has 9 heteroatoms. The number of rotatable bonds is 6. The van der Waals surface area contributed by atoms with Crippen LogP contribution in [0.3, 0.4) is 0 Å². The highest BCUT2D eigenvalue weighted by atomic mass is 16.5. The predicted octanol–water partition coefficient (Wildman–Crippen LogP) is 1.13. The minimum Gasteiger partial charge on any atom is -0.465 e. The molecule has 1 aromatic carbocycles. The number of imide groups is 1. The Morgan fingerprint density at radius 1 is 1.07 bits per heavy atom. The number of hydrogen-bond donors (Lipinski definition) is 1. The Labute approximate surface area is 167 Å². The minimum absolute atomic E-state index is 0.158. The van der Waals surface area contributed by atoms with Gasteiger partial charge in [0.25, 0.3) is 5.91 Å². The number of anilines is 1. The fourth-order valence-electron chi connectivity index (χ4n) is 3.77. The number of carbonyl (C=O) groups is 5. The van der Waals surface area contributed by atoms with Crippen LogP contribution in [0, 0.1) is 11.8 Å². The third-order valence-electron chi connectivity index (χ3n) is 5.19. The molecule has 0 bridgehead atoms. The molecule has 1 saturated carbocycles. The fourth-order valence-corrected chi connectivity index (χ4v) is 3.77. The molecule has 154 valence electrons. The first-order valence-electron chi connectivity index (χ1n) is 9.40. The molecule has 3 rings (SSSR count). The van der Waals surface area contributed by atoms with Crippen LogP contribution in [0.25, 0.3) is 0 Å². The van der Waals surface area contributed by atoms with Gasteiger partial charge < -0.3 is 14.8 Å². The second-order valence-electron chi connectivity index (χ2n) is 7.01. The van der Waals surface area contributed by atoms with Crippen LogP contribution in [0.4, 0.5) is 5.69 Å². The van der Waals surface area contributed by atoms with Crippen molar-refractivity contribution in [3.8, 4) is 0 Å². The molecular formula is C20H22N2O7. The maximum absolute atomic E-state index is 12.4. The topological polar surface area (TPSA) is 119 Å². The lowest BCUT2D eigenvalue weighted by molar-refractivity contribution is -0.154. The normalized spacial score (nSPS) is 20.8. The number of hydrogen-bond acceptors (Lipinski definition) is 7. The van der Waals surface area contributed by atoms with Crippen LogP contribution in [0.5, 0.6) is 0 Å². The number of amides is 3. The van der Waals surface area contributed by atoms with Crippen molar-refractivity contribution in [2.75, 3.05) is 25.6 Å². The maximum Gasteiger partial charge on any atom is 0.339 e. The second kappa shape index (κ2) is 8.85. The molecule has 1 saturated heterocycles. The number of esters is 2. The van der Waals surface area contributed by atoms with Crippen LogP contribution >= 0.6 is 0 Å². The average Bonchev–Trinajstić information content (AvgIpc) is 2.97. The van der Waals surface area contributed by atoms with Crippen molar-refractivity contribution in [3.05, 3.63) is 29.8 Å². The molecule has 29 heavy (non-hydrogen) atoms. The van der Waals surface area contributed by atoms with Gasteiger partial charge in [-0.25, -0.2) is 4.79 Å². The zero-order valence-corrected chi connectivity index (χ0v) is 16.0. The van der Waals surface area contributed by atoms with E-state index >= 15 is 0 Å². The Hall–Kier alpha value is -3.23. The molecule has 0 unspecified atom stereocenters. The number of carbonyl (C=O) groups excluding carboxylic acids is 5. The Balaban J connectivity index is 1.52. The van der Waals surface area contributed by atoms with Crippen molar-refractivity contribution in [2.24, 2.45) is 11.8 Å². The molecule has 0 radical (unpaired) electrons. The molecule has 1 aliphatic carbocycles. The molecule has 0 aromatic heterocycles. The highest BCUT2D eigenvalue weighted by Gasteiger charge is 2.48. The average molecular weight is 402 g/mol. The summed E-state index contributed by atoms with van der Waals surface area (Å²) in [4.78, 5) is 61.5. The van der Waals surface area contributed by atoms with Crippen molar-refractivity contribution >= 4 is 35.3 Å². The van der Waals surface area contributed by atoms with Gasteiger partial charge in [0.15, 0.2) is 6.61 Å². The van der Waals surface area contributed by atoms with Crippen LogP contribution in [0.1, 0.15) is 36.0 Å². The Morgan fingerprint density at radius 2 is 1.69 bits per heavy atom. The van der Waals surface area contributed by atoms with Gasteiger partial charge in [0.1, 0.15) is 6.54 Å². The van der Waals surface area contributed by atoms with Crippen LogP contribution < -0.4 is 5.32 Å². The maximum atomic E-state index is 12.4. The van der Waals surface area contributed by atoms with Crippen LogP contribution in [0.15, 0.2) is 24.3 Å². The van der Waals surface area contributed by atoms with Gasteiger partial charge in [0, 0.05) is 0 Å². The molecule has 2 aliphatic rings. The van der Waals surface area contributed by atoms with E-state index in [1.54, 1.807) is 12.1 Å². The number of likely N-dealkylation sites (tertiary alicyclic amines) is 1. The number of benzene rings is 1. The number of para-hydroxylation sites is 1. The molecule has 1 aromatic rings. The smallest absolute Gasteiger partial charge is 0.339 e. The van der Waals surface area contributed by atoms with E-state index in [0.29, 0.717) is 12.8 Å². The van der Waals surface area contributed by atoms with E-state index in [1.807, 2.05) is 0 Å². The van der Waals surface area contributed by atoms with E-state index < -0.39 is 31.0 Å². The third kappa shape index (κ3) is 4.44. The standard InChI is InChI=1S/C20H22N2O7/c1-28-20(27)14-8-4-5-9-15(14)21-16(23)11-29-17(24)10-22-18(25)12-6-2-3-7-13(12)19(22)26/h4-5,8-9,12-13H,2-3,6-7,10-11H2,1H3,(H,21,23)/t12-,13-/m1/s1. The van der Waals surface area contributed by atoms with Gasteiger partial charge in [-0.15, -0.1) is 0 Å². The Kier molecular flexibility index (Phi) is 6.26. The summed E-state index contributed by atoms with van der Waals surface area (Å²) in [5, 5.41) is 2.47. The van der Waals surface area contributed by atoms with Gasteiger partial charge in [-0.05, 0) is 25.0 Å². The van der Waals surface area contributed by atoms with Crippen molar-refractivity contribution in [2.45, 2.75) is 25.7 Å². The van der Waals surface area contributed by atoms with Crippen molar-refractivity contribution in [1.29, 1.82) is 0 Å². The van der Waals surface area contributed by atoms with Crippen LogP contribution in [-0.4, -0.2) is 54.8 Å². The lowest BCUT2D eigenvalue weighted by atomic mass is 9.81. The van der Waals surface area contributed by atoms with Crippen molar-refractivity contribution in [3.63, 3.8) is 0 Å². The van der Waals surface area contributed by atoms with Gasteiger partial charge >= 0.3 is 11.9 Å². The largest absolute Gasteiger partial charge is 0.465 e. The predicted molar refractivity (Wildman–Crippen MR) is 99.5 cm³/mol. The summed E-state index contributed by atoms with van der Waals surface area (Å²) in [6, 6.07) is 6.23. The summed E-state index contributed by atoms with van der Waals surface area (Å²) < 4.78 is 9.55. The molecule has 9 nitrogen and oxygen atoms in total. The van der Waals surface area contributed by atoms with Gasteiger partial charge in [-0.1, -0.05) is 25.0 Å². The number of nitrogens with zero attached hydrogens (tertiary/aromatic N) is 1. The summed E-state index contributed by atoms with van der Waals surface area (Å²) in [6.07, 6.45) is 3.10. The molecular weight excluding hydrogens is 380 g/mol. The molecule has 3 amide bonds. The molecule has 2 atom stereocenters. The molecule has 1 heterocycles. The highest BCUT2D eigenvalue weighted by molar-refractivity contribution is 6.07. The first kappa shape index (κ1) is 20.5. The van der Waals surface area contributed by atoms with E-state index in [9.17, 15) is 24.0 Å². The zero-order chi connectivity index (χ0) is 21.0.